The van der Waals surface area contributed by atoms with Crippen molar-refractivity contribution in [3.8, 4) is 0 Å². The molecule has 4 aliphatic rings. The molecule has 0 amide bonds. The lowest BCUT2D eigenvalue weighted by atomic mass is 9.53. The molecule has 0 heterocycles. The highest BCUT2D eigenvalue weighted by Crippen LogP contribution is 2.55. The Bertz CT molecular complexity index is 426. The van der Waals surface area contributed by atoms with E-state index in [-0.39, 0.29) is 11.3 Å². The molecule has 4 nitrogen and oxygen atoms in total. The lowest BCUT2D eigenvalue weighted by Crippen LogP contribution is -2.60. The van der Waals surface area contributed by atoms with E-state index >= 15 is 0 Å². The fourth-order valence-corrected chi connectivity index (χ4v) is 6.84. The summed E-state index contributed by atoms with van der Waals surface area (Å²) in [7, 11) is -3.12. The van der Waals surface area contributed by atoms with E-state index in [1.807, 2.05) is 0 Å². The summed E-state index contributed by atoms with van der Waals surface area (Å²) in [6.45, 7) is 3.90. The Labute approximate surface area is 129 Å². The van der Waals surface area contributed by atoms with Gasteiger partial charge in [-0.3, -0.25) is 0 Å². The van der Waals surface area contributed by atoms with Crippen LogP contribution in [-0.4, -0.2) is 32.8 Å². The molecule has 21 heavy (non-hydrogen) atoms. The molecule has 4 bridgehead atoms. The normalized spacial score (nSPS) is 38.0. The summed E-state index contributed by atoms with van der Waals surface area (Å²) in [5.41, 5.74) is -0.0789. The van der Waals surface area contributed by atoms with E-state index in [1.54, 1.807) is 0 Å². The van der Waals surface area contributed by atoms with Gasteiger partial charge in [0.1, 0.15) is 0 Å². The summed E-state index contributed by atoms with van der Waals surface area (Å²) in [5, 5.41) is 3.27. The van der Waals surface area contributed by atoms with E-state index in [4.69, 9.17) is 0 Å². The summed E-state index contributed by atoms with van der Waals surface area (Å²) in [4.78, 5) is 0. The third kappa shape index (κ3) is 3.80. The van der Waals surface area contributed by atoms with Gasteiger partial charge in [-0.05, 0) is 82.2 Å². The summed E-state index contributed by atoms with van der Waals surface area (Å²) < 4.78 is 28.0. The minimum atomic E-state index is -3.12. The van der Waals surface area contributed by atoms with Crippen LogP contribution in [0.3, 0.4) is 0 Å². The predicted molar refractivity (Wildman–Crippen MR) is 85.6 cm³/mol. The Hall–Kier alpha value is -0.130. The van der Waals surface area contributed by atoms with Crippen molar-refractivity contribution in [1.29, 1.82) is 0 Å². The zero-order valence-corrected chi connectivity index (χ0v) is 14.1. The summed E-state index contributed by atoms with van der Waals surface area (Å²) >= 11 is 0. The molecule has 0 atom stereocenters. The number of rotatable bonds is 8. The van der Waals surface area contributed by atoms with Crippen molar-refractivity contribution in [2.75, 3.05) is 18.8 Å². The Balaban J connectivity index is 1.53. The van der Waals surface area contributed by atoms with Gasteiger partial charge in [-0.15, -0.1) is 0 Å². The number of nitrogens with one attached hydrogen (secondary N) is 2. The topological polar surface area (TPSA) is 58.2 Å². The molecule has 5 heteroatoms. The van der Waals surface area contributed by atoms with Crippen LogP contribution in [0.5, 0.6) is 0 Å². The van der Waals surface area contributed by atoms with Crippen LogP contribution in [0.15, 0.2) is 0 Å². The van der Waals surface area contributed by atoms with Gasteiger partial charge in [0.05, 0.1) is 5.75 Å². The van der Waals surface area contributed by atoms with Crippen LogP contribution in [-0.2, 0) is 10.0 Å². The molecule has 0 radical (unpaired) electrons. The van der Waals surface area contributed by atoms with Gasteiger partial charge in [0.15, 0.2) is 0 Å². The highest BCUT2D eigenvalue weighted by atomic mass is 32.2. The lowest BCUT2D eigenvalue weighted by Gasteiger charge is -2.56. The average Bonchev–Trinajstić information content (AvgIpc) is 2.35. The SMILES string of the molecule is CCCNCCCS(=O)(=O)NC12CC3CC(CC(C3)C1)C2. The average molecular weight is 314 g/mol. The molecule has 4 aliphatic carbocycles. The first-order valence-corrected chi connectivity index (χ1v) is 10.4. The third-order valence-electron chi connectivity index (χ3n) is 5.60. The van der Waals surface area contributed by atoms with Crippen molar-refractivity contribution < 1.29 is 8.42 Å². The first-order chi connectivity index (χ1) is 10.0. The van der Waals surface area contributed by atoms with Gasteiger partial charge >= 0.3 is 0 Å². The van der Waals surface area contributed by atoms with Crippen LogP contribution in [0.1, 0.15) is 58.3 Å². The highest BCUT2D eigenvalue weighted by molar-refractivity contribution is 7.89. The van der Waals surface area contributed by atoms with Gasteiger partial charge in [0.2, 0.25) is 10.0 Å². The minimum Gasteiger partial charge on any atom is -0.317 e. The molecule has 4 fully saturated rings. The van der Waals surface area contributed by atoms with Gasteiger partial charge in [-0.2, -0.15) is 0 Å². The fraction of sp³-hybridized carbons (Fsp3) is 1.00. The van der Waals surface area contributed by atoms with Crippen molar-refractivity contribution in [2.24, 2.45) is 17.8 Å². The van der Waals surface area contributed by atoms with Crippen LogP contribution in [0.25, 0.3) is 0 Å². The third-order valence-corrected chi connectivity index (χ3v) is 7.17. The molecule has 2 N–H and O–H groups in total. The second kappa shape index (κ2) is 6.17. The van der Waals surface area contributed by atoms with E-state index < -0.39 is 10.0 Å². The maximum atomic E-state index is 12.4. The van der Waals surface area contributed by atoms with Gasteiger partial charge in [0, 0.05) is 5.54 Å². The monoisotopic (exact) mass is 314 g/mol. The first kappa shape index (κ1) is 15.8. The highest BCUT2D eigenvalue weighted by Gasteiger charge is 2.52. The van der Waals surface area contributed by atoms with E-state index in [0.717, 1.165) is 56.5 Å². The van der Waals surface area contributed by atoms with Gasteiger partial charge in [-0.25, -0.2) is 13.1 Å². The van der Waals surface area contributed by atoms with Gasteiger partial charge in [-0.1, -0.05) is 6.92 Å². The molecule has 0 aromatic heterocycles. The van der Waals surface area contributed by atoms with Crippen molar-refractivity contribution in [1.82, 2.24) is 10.0 Å². The Morgan fingerprint density at radius 2 is 1.57 bits per heavy atom. The molecule has 0 saturated heterocycles. The van der Waals surface area contributed by atoms with E-state index in [0.29, 0.717) is 6.42 Å². The number of hydrogen-bond acceptors (Lipinski definition) is 3. The van der Waals surface area contributed by atoms with Crippen LogP contribution >= 0.6 is 0 Å². The molecule has 0 unspecified atom stereocenters. The fourth-order valence-electron chi connectivity index (χ4n) is 5.31. The van der Waals surface area contributed by atoms with Crippen molar-refractivity contribution in [3.05, 3.63) is 0 Å². The second-order valence-electron chi connectivity index (χ2n) is 7.72. The Kier molecular flexibility index (Phi) is 4.63. The van der Waals surface area contributed by atoms with E-state index in [2.05, 4.69) is 17.0 Å². The molecule has 0 aliphatic heterocycles. The zero-order valence-electron chi connectivity index (χ0n) is 13.2. The Morgan fingerprint density at radius 1 is 1.00 bits per heavy atom. The summed E-state index contributed by atoms with van der Waals surface area (Å²) in [5.74, 6) is 2.62. The van der Waals surface area contributed by atoms with Crippen LogP contribution < -0.4 is 10.0 Å². The molecular weight excluding hydrogens is 284 g/mol. The number of sulfonamides is 1. The summed E-state index contributed by atoms with van der Waals surface area (Å²) in [6.07, 6.45) is 9.12. The second-order valence-corrected chi connectivity index (χ2v) is 9.56. The van der Waals surface area contributed by atoms with Gasteiger partial charge < -0.3 is 5.32 Å². The van der Waals surface area contributed by atoms with Crippen LogP contribution in [0.4, 0.5) is 0 Å². The molecule has 4 rings (SSSR count). The van der Waals surface area contributed by atoms with E-state index in [9.17, 15) is 8.42 Å². The van der Waals surface area contributed by atoms with E-state index in [1.165, 1.54) is 19.3 Å². The largest absolute Gasteiger partial charge is 0.317 e. The molecule has 0 aromatic rings. The van der Waals surface area contributed by atoms with Crippen LogP contribution in [0.2, 0.25) is 0 Å². The standard InChI is InChI=1S/C16H30N2O2S/c1-2-4-17-5-3-6-21(19,20)18-16-10-13-7-14(11-16)9-15(8-13)12-16/h13-15,17-18H,2-12H2,1H3. The van der Waals surface area contributed by atoms with Crippen molar-refractivity contribution >= 4 is 10.0 Å². The Morgan fingerprint density at radius 3 is 2.10 bits per heavy atom. The molecule has 122 valence electrons. The lowest BCUT2D eigenvalue weighted by molar-refractivity contribution is -0.00809. The molecule has 4 saturated carbocycles. The molecule has 0 aromatic carbocycles. The molecule has 0 spiro atoms. The van der Waals surface area contributed by atoms with Crippen molar-refractivity contribution in [2.45, 2.75) is 63.8 Å². The summed E-state index contributed by atoms with van der Waals surface area (Å²) in [6, 6.07) is 0. The van der Waals surface area contributed by atoms with Crippen molar-refractivity contribution in [3.63, 3.8) is 0 Å². The smallest absolute Gasteiger partial charge is 0.212 e. The predicted octanol–water partition coefficient (Wildman–Crippen LogP) is 2.26. The van der Waals surface area contributed by atoms with Gasteiger partial charge in [0.25, 0.3) is 0 Å². The minimum absolute atomic E-state index is 0.0789. The maximum Gasteiger partial charge on any atom is 0.212 e. The first-order valence-electron chi connectivity index (χ1n) is 8.73. The zero-order chi connectivity index (χ0) is 14.9. The quantitative estimate of drug-likeness (QED) is 0.676. The number of hydrogen-bond donors (Lipinski definition) is 2. The maximum absolute atomic E-state index is 12.4. The van der Waals surface area contributed by atoms with Crippen LogP contribution in [0, 0.1) is 17.8 Å². The molecular formula is C16H30N2O2S.